The molecule has 1 saturated heterocycles. The minimum absolute atomic E-state index is 0.132. The SMILES string of the molecule is CCCN1CCN(c2ccncc2CNC(C)(C)C)CC1. The summed E-state index contributed by atoms with van der Waals surface area (Å²) in [6, 6.07) is 2.16. The maximum absolute atomic E-state index is 4.31. The van der Waals surface area contributed by atoms with Gasteiger partial charge in [-0.1, -0.05) is 6.92 Å². The summed E-state index contributed by atoms with van der Waals surface area (Å²) in [5, 5.41) is 3.57. The normalized spacial score (nSPS) is 17.2. The van der Waals surface area contributed by atoms with Crippen LogP contribution in [0, 0.1) is 0 Å². The summed E-state index contributed by atoms with van der Waals surface area (Å²) in [4.78, 5) is 9.38. The smallest absolute Gasteiger partial charge is 0.0443 e. The second kappa shape index (κ2) is 7.23. The van der Waals surface area contributed by atoms with E-state index >= 15 is 0 Å². The van der Waals surface area contributed by atoms with Crippen molar-refractivity contribution in [2.45, 2.75) is 46.2 Å². The highest BCUT2D eigenvalue weighted by atomic mass is 15.3. The molecule has 2 rings (SSSR count). The lowest BCUT2D eigenvalue weighted by Gasteiger charge is -2.37. The van der Waals surface area contributed by atoms with Gasteiger partial charge in [0.05, 0.1) is 0 Å². The van der Waals surface area contributed by atoms with Crippen molar-refractivity contribution in [3.05, 3.63) is 24.0 Å². The lowest BCUT2D eigenvalue weighted by molar-refractivity contribution is 0.258. The predicted octanol–water partition coefficient (Wildman–Crippen LogP) is 2.50. The lowest BCUT2D eigenvalue weighted by atomic mass is 10.1. The van der Waals surface area contributed by atoms with E-state index in [2.05, 4.69) is 53.9 Å². The number of rotatable bonds is 5. The van der Waals surface area contributed by atoms with Gasteiger partial charge in [0.25, 0.3) is 0 Å². The highest BCUT2D eigenvalue weighted by Gasteiger charge is 2.19. The molecule has 1 aromatic heterocycles. The molecule has 1 aromatic rings. The molecule has 0 saturated carbocycles. The Bertz CT molecular complexity index is 431. The van der Waals surface area contributed by atoms with Crippen LogP contribution >= 0.6 is 0 Å². The molecule has 0 spiro atoms. The van der Waals surface area contributed by atoms with Crippen molar-refractivity contribution < 1.29 is 0 Å². The monoisotopic (exact) mass is 290 g/mol. The Morgan fingerprint density at radius 2 is 1.90 bits per heavy atom. The van der Waals surface area contributed by atoms with E-state index in [1.165, 1.54) is 37.3 Å². The van der Waals surface area contributed by atoms with Gasteiger partial charge in [0.2, 0.25) is 0 Å². The van der Waals surface area contributed by atoms with Crippen LogP contribution in [0.1, 0.15) is 39.7 Å². The first-order valence-electron chi connectivity index (χ1n) is 8.15. The Kier molecular flexibility index (Phi) is 5.59. The van der Waals surface area contributed by atoms with Crippen LogP contribution in [0.5, 0.6) is 0 Å². The molecule has 1 fully saturated rings. The molecule has 1 aliphatic heterocycles. The van der Waals surface area contributed by atoms with Gasteiger partial charge >= 0.3 is 0 Å². The average molecular weight is 290 g/mol. The van der Waals surface area contributed by atoms with E-state index in [1.807, 2.05) is 12.4 Å². The van der Waals surface area contributed by atoms with Gasteiger partial charge in [-0.15, -0.1) is 0 Å². The Labute approximate surface area is 129 Å². The molecule has 1 aliphatic rings. The molecule has 0 radical (unpaired) electrons. The number of aromatic nitrogens is 1. The summed E-state index contributed by atoms with van der Waals surface area (Å²) in [5.74, 6) is 0. The first-order chi connectivity index (χ1) is 9.99. The van der Waals surface area contributed by atoms with Crippen LogP contribution in [0.3, 0.4) is 0 Å². The zero-order valence-electron chi connectivity index (χ0n) is 14.0. The van der Waals surface area contributed by atoms with Gasteiger partial charge in [0.1, 0.15) is 0 Å². The number of hydrogen-bond donors (Lipinski definition) is 1. The van der Waals surface area contributed by atoms with Gasteiger partial charge in [-0.2, -0.15) is 0 Å². The maximum atomic E-state index is 4.31. The van der Waals surface area contributed by atoms with Crippen molar-refractivity contribution in [3.63, 3.8) is 0 Å². The second-order valence-electron chi connectivity index (χ2n) is 6.94. The van der Waals surface area contributed by atoms with E-state index in [0.29, 0.717) is 0 Å². The summed E-state index contributed by atoms with van der Waals surface area (Å²) in [6.45, 7) is 15.5. The zero-order valence-corrected chi connectivity index (χ0v) is 14.0. The third-order valence-corrected chi connectivity index (χ3v) is 3.94. The van der Waals surface area contributed by atoms with Crippen molar-refractivity contribution in [3.8, 4) is 0 Å². The van der Waals surface area contributed by atoms with Crippen LogP contribution in [0.4, 0.5) is 5.69 Å². The molecule has 0 atom stereocenters. The maximum Gasteiger partial charge on any atom is 0.0443 e. The van der Waals surface area contributed by atoms with E-state index in [-0.39, 0.29) is 5.54 Å². The number of pyridine rings is 1. The van der Waals surface area contributed by atoms with E-state index in [9.17, 15) is 0 Å². The number of hydrogen-bond acceptors (Lipinski definition) is 4. The second-order valence-corrected chi connectivity index (χ2v) is 6.94. The molecule has 1 N–H and O–H groups in total. The third kappa shape index (κ3) is 4.97. The van der Waals surface area contributed by atoms with E-state index in [1.54, 1.807) is 0 Å². The minimum Gasteiger partial charge on any atom is -0.369 e. The van der Waals surface area contributed by atoms with Gasteiger partial charge in [-0.05, 0) is 39.8 Å². The Morgan fingerprint density at radius 3 is 2.52 bits per heavy atom. The number of anilines is 1. The topological polar surface area (TPSA) is 31.4 Å². The van der Waals surface area contributed by atoms with Gasteiger partial charge in [-0.25, -0.2) is 0 Å². The van der Waals surface area contributed by atoms with Crippen LogP contribution in [0.2, 0.25) is 0 Å². The molecule has 0 unspecified atom stereocenters. The van der Waals surface area contributed by atoms with Crippen LogP contribution < -0.4 is 10.2 Å². The molecular formula is C17H30N4. The fourth-order valence-corrected chi connectivity index (χ4v) is 2.75. The fourth-order valence-electron chi connectivity index (χ4n) is 2.75. The Hall–Kier alpha value is -1.13. The highest BCUT2D eigenvalue weighted by Crippen LogP contribution is 2.21. The van der Waals surface area contributed by atoms with Gasteiger partial charge < -0.3 is 10.2 Å². The fraction of sp³-hybridized carbons (Fsp3) is 0.706. The van der Waals surface area contributed by atoms with Crippen LogP contribution in [-0.2, 0) is 6.54 Å². The number of piperazine rings is 1. The molecule has 118 valence electrons. The molecule has 21 heavy (non-hydrogen) atoms. The summed E-state index contributed by atoms with van der Waals surface area (Å²) in [5.41, 5.74) is 2.78. The molecule has 0 bridgehead atoms. The quantitative estimate of drug-likeness (QED) is 0.903. The van der Waals surface area contributed by atoms with E-state index < -0.39 is 0 Å². The van der Waals surface area contributed by atoms with Crippen molar-refractivity contribution in [2.75, 3.05) is 37.6 Å². The van der Waals surface area contributed by atoms with E-state index in [4.69, 9.17) is 0 Å². The summed E-state index contributed by atoms with van der Waals surface area (Å²) < 4.78 is 0. The molecule has 4 nitrogen and oxygen atoms in total. The summed E-state index contributed by atoms with van der Waals surface area (Å²) in [6.07, 6.45) is 5.16. The first-order valence-corrected chi connectivity index (χ1v) is 8.15. The molecular weight excluding hydrogens is 260 g/mol. The molecule has 2 heterocycles. The molecule has 0 aromatic carbocycles. The van der Waals surface area contributed by atoms with Crippen LogP contribution in [0.15, 0.2) is 18.5 Å². The first kappa shape index (κ1) is 16.2. The van der Waals surface area contributed by atoms with Gasteiger partial charge in [0, 0.05) is 61.9 Å². The minimum atomic E-state index is 0.132. The van der Waals surface area contributed by atoms with Crippen LogP contribution in [-0.4, -0.2) is 48.1 Å². The largest absolute Gasteiger partial charge is 0.369 e. The van der Waals surface area contributed by atoms with Crippen LogP contribution in [0.25, 0.3) is 0 Å². The summed E-state index contributed by atoms with van der Waals surface area (Å²) >= 11 is 0. The summed E-state index contributed by atoms with van der Waals surface area (Å²) in [7, 11) is 0. The predicted molar refractivity (Wildman–Crippen MR) is 89.8 cm³/mol. The van der Waals surface area contributed by atoms with Gasteiger partial charge in [0.15, 0.2) is 0 Å². The highest BCUT2D eigenvalue weighted by molar-refractivity contribution is 5.52. The Morgan fingerprint density at radius 1 is 1.19 bits per heavy atom. The third-order valence-electron chi connectivity index (χ3n) is 3.94. The lowest BCUT2D eigenvalue weighted by Crippen LogP contribution is -2.47. The zero-order chi connectivity index (χ0) is 15.3. The van der Waals surface area contributed by atoms with E-state index in [0.717, 1.165) is 19.6 Å². The van der Waals surface area contributed by atoms with Crippen molar-refractivity contribution in [1.82, 2.24) is 15.2 Å². The van der Waals surface area contributed by atoms with Crippen molar-refractivity contribution in [2.24, 2.45) is 0 Å². The van der Waals surface area contributed by atoms with Crippen molar-refractivity contribution in [1.29, 1.82) is 0 Å². The number of nitrogens with zero attached hydrogens (tertiary/aromatic N) is 3. The number of nitrogens with one attached hydrogen (secondary N) is 1. The standard InChI is InChI=1S/C17H30N4/c1-5-8-20-9-11-21(12-10-20)16-6-7-18-13-15(16)14-19-17(2,3)4/h6-7,13,19H,5,8-12,14H2,1-4H3. The Balaban J connectivity index is 2.00. The van der Waals surface area contributed by atoms with Crippen molar-refractivity contribution >= 4 is 5.69 Å². The molecule has 0 aliphatic carbocycles. The van der Waals surface area contributed by atoms with Gasteiger partial charge in [-0.3, -0.25) is 9.88 Å². The molecule has 0 amide bonds. The average Bonchev–Trinajstić information content (AvgIpc) is 2.46. The molecule has 4 heteroatoms.